The van der Waals surface area contributed by atoms with Crippen LogP contribution in [0.15, 0.2) is 42.5 Å². The molecule has 7 nitrogen and oxygen atoms in total. The molecule has 0 bridgehead atoms. The third-order valence-electron chi connectivity index (χ3n) is 4.06. The summed E-state index contributed by atoms with van der Waals surface area (Å²) in [5.74, 6) is -2.27. The van der Waals surface area contributed by atoms with E-state index in [9.17, 15) is 46.0 Å². The van der Waals surface area contributed by atoms with Crippen LogP contribution >= 0.6 is 0 Å². The van der Waals surface area contributed by atoms with Gasteiger partial charge in [-0.1, -0.05) is 18.2 Å². The van der Waals surface area contributed by atoms with Gasteiger partial charge in [-0.2, -0.15) is 26.3 Å². The number of esters is 1. The van der Waals surface area contributed by atoms with Crippen LogP contribution in [0.25, 0.3) is 0 Å². The van der Waals surface area contributed by atoms with Crippen LogP contribution in [0.4, 0.5) is 37.7 Å². The summed E-state index contributed by atoms with van der Waals surface area (Å²) in [6.45, 7) is 1.04. The van der Waals surface area contributed by atoms with Gasteiger partial charge < -0.3 is 10.1 Å². The Bertz CT molecular complexity index is 1040. The standard InChI is InChI=1S/C19H14F6N2O5/c1-10(32-16(28)8-11-3-2-4-12(7-11)18(20,21)22)17(29)26-15-6-5-13(27(30)31)9-14(15)19(23,24)25/h2-7,9-10H,8H2,1H3,(H,26,29). The van der Waals surface area contributed by atoms with Crippen molar-refractivity contribution in [3.05, 3.63) is 69.3 Å². The molecule has 0 radical (unpaired) electrons. The summed E-state index contributed by atoms with van der Waals surface area (Å²) in [5.41, 5.74) is -4.18. The lowest BCUT2D eigenvalue weighted by molar-refractivity contribution is -0.385. The minimum atomic E-state index is -5.03. The van der Waals surface area contributed by atoms with Crippen molar-refractivity contribution in [3.63, 3.8) is 0 Å². The Hall–Kier alpha value is -3.64. The van der Waals surface area contributed by atoms with Crippen LogP contribution in [0.5, 0.6) is 0 Å². The topological polar surface area (TPSA) is 98.5 Å². The summed E-state index contributed by atoms with van der Waals surface area (Å²) in [6, 6.07) is 5.49. The second kappa shape index (κ2) is 9.24. The van der Waals surface area contributed by atoms with Gasteiger partial charge in [-0.25, -0.2) is 0 Å². The first kappa shape index (κ1) is 24.6. The molecule has 0 aliphatic heterocycles. The predicted molar refractivity (Wildman–Crippen MR) is 97.4 cm³/mol. The number of nitrogens with one attached hydrogen (secondary N) is 1. The Morgan fingerprint density at radius 2 is 1.72 bits per heavy atom. The van der Waals surface area contributed by atoms with Crippen LogP contribution < -0.4 is 5.32 Å². The summed E-state index contributed by atoms with van der Waals surface area (Å²) in [6.07, 6.45) is -11.9. The minimum Gasteiger partial charge on any atom is -0.452 e. The lowest BCUT2D eigenvalue weighted by Crippen LogP contribution is -2.31. The molecule has 1 amide bonds. The number of alkyl halides is 6. The molecule has 0 aliphatic rings. The van der Waals surface area contributed by atoms with Crippen LogP contribution in [0.2, 0.25) is 0 Å². The van der Waals surface area contributed by atoms with Crippen molar-refractivity contribution >= 4 is 23.3 Å². The average Bonchev–Trinajstić information content (AvgIpc) is 2.66. The SMILES string of the molecule is CC(OC(=O)Cc1cccc(C(F)(F)F)c1)C(=O)Nc1ccc([N+](=O)[O-])cc1C(F)(F)F. The Morgan fingerprint density at radius 3 is 2.28 bits per heavy atom. The zero-order valence-corrected chi connectivity index (χ0v) is 16.1. The van der Waals surface area contributed by atoms with E-state index in [-0.39, 0.29) is 11.6 Å². The number of hydrogen-bond acceptors (Lipinski definition) is 5. The second-order valence-electron chi connectivity index (χ2n) is 6.48. The van der Waals surface area contributed by atoms with E-state index in [1.54, 1.807) is 0 Å². The van der Waals surface area contributed by atoms with Crippen LogP contribution in [0.3, 0.4) is 0 Å². The molecule has 2 aromatic carbocycles. The highest BCUT2D eigenvalue weighted by Gasteiger charge is 2.36. The van der Waals surface area contributed by atoms with Gasteiger partial charge in [0.2, 0.25) is 0 Å². The number of nitro groups is 1. The van der Waals surface area contributed by atoms with Gasteiger partial charge in [-0.15, -0.1) is 0 Å². The van der Waals surface area contributed by atoms with Gasteiger partial charge in [0.15, 0.2) is 6.10 Å². The van der Waals surface area contributed by atoms with E-state index < -0.39 is 64.2 Å². The predicted octanol–water partition coefficient (Wildman–Crippen LogP) is 4.75. The summed E-state index contributed by atoms with van der Waals surface area (Å²) in [5, 5.41) is 12.6. The van der Waals surface area contributed by atoms with E-state index in [0.29, 0.717) is 6.07 Å². The third-order valence-corrected chi connectivity index (χ3v) is 4.06. The average molecular weight is 464 g/mol. The van der Waals surface area contributed by atoms with E-state index >= 15 is 0 Å². The van der Waals surface area contributed by atoms with Crippen molar-refractivity contribution in [2.24, 2.45) is 0 Å². The monoisotopic (exact) mass is 464 g/mol. The Labute approximate surface area is 176 Å². The molecular formula is C19H14F6N2O5. The van der Waals surface area contributed by atoms with E-state index in [1.807, 2.05) is 5.32 Å². The number of hydrogen-bond donors (Lipinski definition) is 1. The van der Waals surface area contributed by atoms with Crippen molar-refractivity contribution in [2.45, 2.75) is 31.8 Å². The summed E-state index contributed by atoms with van der Waals surface area (Å²) in [7, 11) is 0. The van der Waals surface area contributed by atoms with Crippen LogP contribution in [-0.2, 0) is 33.1 Å². The molecule has 2 aromatic rings. The summed E-state index contributed by atoms with van der Waals surface area (Å²) >= 11 is 0. The first-order valence-electron chi connectivity index (χ1n) is 8.70. The Morgan fingerprint density at radius 1 is 1.06 bits per heavy atom. The molecule has 0 aromatic heterocycles. The number of non-ortho nitro benzene ring substituents is 1. The normalized spacial score (nSPS) is 12.7. The number of nitro benzene ring substituents is 1. The third kappa shape index (κ3) is 6.43. The maximum Gasteiger partial charge on any atom is 0.418 e. The van der Waals surface area contributed by atoms with Crippen molar-refractivity contribution in [3.8, 4) is 0 Å². The van der Waals surface area contributed by atoms with Crippen molar-refractivity contribution in [1.29, 1.82) is 0 Å². The van der Waals surface area contributed by atoms with Crippen molar-refractivity contribution in [2.75, 3.05) is 5.32 Å². The Balaban J connectivity index is 2.09. The van der Waals surface area contributed by atoms with Gasteiger partial charge >= 0.3 is 18.3 Å². The van der Waals surface area contributed by atoms with Crippen molar-refractivity contribution < 1.29 is 45.6 Å². The number of carbonyl (C=O) groups excluding carboxylic acids is 2. The molecule has 0 saturated carbocycles. The molecule has 1 N–H and O–H groups in total. The van der Waals surface area contributed by atoms with Crippen LogP contribution in [0.1, 0.15) is 23.6 Å². The molecule has 1 atom stereocenters. The number of rotatable bonds is 6. The maximum atomic E-state index is 13.2. The first-order chi connectivity index (χ1) is 14.7. The highest BCUT2D eigenvalue weighted by molar-refractivity contribution is 5.96. The molecule has 0 spiro atoms. The molecule has 0 saturated heterocycles. The molecule has 172 valence electrons. The number of carbonyl (C=O) groups is 2. The number of amides is 1. The molecule has 0 fully saturated rings. The Kier molecular flexibility index (Phi) is 7.11. The lowest BCUT2D eigenvalue weighted by atomic mass is 10.1. The first-order valence-corrected chi connectivity index (χ1v) is 8.70. The van der Waals surface area contributed by atoms with Gasteiger partial charge in [-0.05, 0) is 24.6 Å². The van der Waals surface area contributed by atoms with Crippen LogP contribution in [-0.4, -0.2) is 22.9 Å². The molecule has 13 heteroatoms. The van der Waals surface area contributed by atoms with E-state index in [2.05, 4.69) is 0 Å². The van der Waals surface area contributed by atoms with Gasteiger partial charge in [0.1, 0.15) is 0 Å². The van der Waals surface area contributed by atoms with Gasteiger partial charge in [0.05, 0.1) is 28.2 Å². The van der Waals surface area contributed by atoms with Gasteiger partial charge in [0, 0.05) is 12.1 Å². The zero-order valence-electron chi connectivity index (χ0n) is 16.1. The molecule has 0 aliphatic carbocycles. The van der Waals surface area contributed by atoms with E-state index in [4.69, 9.17) is 4.74 Å². The maximum absolute atomic E-state index is 13.2. The van der Waals surface area contributed by atoms with Gasteiger partial charge in [0.25, 0.3) is 11.6 Å². The fourth-order valence-electron chi connectivity index (χ4n) is 2.54. The smallest absolute Gasteiger partial charge is 0.418 e. The molecule has 32 heavy (non-hydrogen) atoms. The fraction of sp³-hybridized carbons (Fsp3) is 0.263. The summed E-state index contributed by atoms with van der Waals surface area (Å²) in [4.78, 5) is 33.8. The number of nitrogens with zero attached hydrogens (tertiary/aromatic N) is 1. The number of halogens is 6. The largest absolute Gasteiger partial charge is 0.452 e. The van der Waals surface area contributed by atoms with E-state index in [1.165, 1.54) is 6.07 Å². The van der Waals surface area contributed by atoms with E-state index in [0.717, 1.165) is 31.2 Å². The molecule has 0 heterocycles. The minimum absolute atomic E-state index is 0.0489. The molecular weight excluding hydrogens is 450 g/mol. The highest BCUT2D eigenvalue weighted by atomic mass is 19.4. The molecule has 2 rings (SSSR count). The second-order valence-corrected chi connectivity index (χ2v) is 6.48. The number of anilines is 1. The quantitative estimate of drug-likeness (QED) is 0.288. The van der Waals surface area contributed by atoms with Crippen LogP contribution in [0, 0.1) is 10.1 Å². The number of ether oxygens (including phenoxy) is 1. The number of benzene rings is 2. The zero-order chi connectivity index (χ0) is 24.3. The van der Waals surface area contributed by atoms with Crippen molar-refractivity contribution in [1.82, 2.24) is 0 Å². The van der Waals surface area contributed by atoms with Gasteiger partial charge in [-0.3, -0.25) is 19.7 Å². The highest BCUT2D eigenvalue weighted by Crippen LogP contribution is 2.37. The molecule has 1 unspecified atom stereocenters. The lowest BCUT2D eigenvalue weighted by Gasteiger charge is -2.17. The summed E-state index contributed by atoms with van der Waals surface area (Å²) < 4.78 is 82.5. The fourth-order valence-corrected chi connectivity index (χ4v) is 2.54.